The van der Waals surface area contributed by atoms with E-state index in [1.54, 1.807) is 24.3 Å². The lowest BCUT2D eigenvalue weighted by Crippen LogP contribution is -2.08. The third-order valence-electron chi connectivity index (χ3n) is 3.90. The van der Waals surface area contributed by atoms with Gasteiger partial charge in [-0.2, -0.15) is 5.26 Å². The molecular formula is C20H21NO2. The standard InChI is InChI=1S/C20H21NO2/c1-3-4-5-15(2)17-8-10-18(11-9-17)20(22)23-19-12-6-16(14-21)7-13-19/h6-13,15H,3-5H2,1-2H3. The van der Waals surface area contributed by atoms with Crippen LogP contribution in [0.25, 0.3) is 0 Å². The average Bonchev–Trinajstić information content (AvgIpc) is 2.60. The molecule has 0 aliphatic carbocycles. The van der Waals surface area contributed by atoms with E-state index in [0.29, 0.717) is 22.8 Å². The first-order valence-corrected chi connectivity index (χ1v) is 7.96. The number of hydrogen-bond acceptors (Lipinski definition) is 3. The summed E-state index contributed by atoms with van der Waals surface area (Å²) in [5.74, 6) is 0.551. The van der Waals surface area contributed by atoms with Gasteiger partial charge in [-0.15, -0.1) is 0 Å². The van der Waals surface area contributed by atoms with Crippen LogP contribution in [0.4, 0.5) is 0 Å². The lowest BCUT2D eigenvalue weighted by molar-refractivity contribution is 0.0734. The highest BCUT2D eigenvalue weighted by molar-refractivity contribution is 5.91. The summed E-state index contributed by atoms with van der Waals surface area (Å²) < 4.78 is 5.32. The van der Waals surface area contributed by atoms with Crippen molar-refractivity contribution in [1.29, 1.82) is 5.26 Å². The van der Waals surface area contributed by atoms with Crippen LogP contribution in [-0.2, 0) is 0 Å². The van der Waals surface area contributed by atoms with Crippen molar-refractivity contribution in [2.24, 2.45) is 0 Å². The second kappa shape index (κ2) is 8.14. The van der Waals surface area contributed by atoms with Gasteiger partial charge in [0, 0.05) is 0 Å². The molecule has 3 heteroatoms. The number of carbonyl (C=O) groups excluding carboxylic acids is 1. The van der Waals surface area contributed by atoms with Crippen LogP contribution in [0.5, 0.6) is 5.75 Å². The van der Waals surface area contributed by atoms with E-state index in [1.807, 2.05) is 30.3 Å². The Kier molecular flexibility index (Phi) is 5.94. The minimum absolute atomic E-state index is 0.387. The summed E-state index contributed by atoms with van der Waals surface area (Å²) in [5, 5.41) is 8.76. The summed E-state index contributed by atoms with van der Waals surface area (Å²) >= 11 is 0. The number of hydrogen-bond donors (Lipinski definition) is 0. The van der Waals surface area contributed by atoms with Gasteiger partial charge < -0.3 is 4.74 Å². The number of nitrogens with zero attached hydrogens (tertiary/aromatic N) is 1. The first kappa shape index (κ1) is 16.8. The second-order valence-electron chi connectivity index (χ2n) is 5.69. The van der Waals surface area contributed by atoms with Crippen LogP contribution in [0, 0.1) is 11.3 Å². The zero-order chi connectivity index (χ0) is 16.7. The largest absolute Gasteiger partial charge is 0.423 e. The number of nitriles is 1. The van der Waals surface area contributed by atoms with Crippen LogP contribution in [0.2, 0.25) is 0 Å². The van der Waals surface area contributed by atoms with Crippen molar-refractivity contribution in [3.05, 3.63) is 65.2 Å². The normalized spacial score (nSPS) is 11.5. The Hall–Kier alpha value is -2.60. The van der Waals surface area contributed by atoms with Gasteiger partial charge in [-0.3, -0.25) is 0 Å². The van der Waals surface area contributed by atoms with Gasteiger partial charge in [-0.25, -0.2) is 4.79 Å². The van der Waals surface area contributed by atoms with Crippen LogP contribution in [0.1, 0.15) is 60.5 Å². The minimum atomic E-state index is -0.387. The Balaban J connectivity index is 2.00. The molecule has 3 nitrogen and oxygen atoms in total. The fourth-order valence-corrected chi connectivity index (χ4v) is 2.39. The first-order chi connectivity index (χ1) is 11.1. The summed E-state index contributed by atoms with van der Waals surface area (Å²) in [4.78, 5) is 12.1. The topological polar surface area (TPSA) is 50.1 Å². The third-order valence-corrected chi connectivity index (χ3v) is 3.90. The minimum Gasteiger partial charge on any atom is -0.423 e. The van der Waals surface area contributed by atoms with Gasteiger partial charge in [0.2, 0.25) is 0 Å². The van der Waals surface area contributed by atoms with Crippen molar-refractivity contribution in [2.75, 3.05) is 0 Å². The lowest BCUT2D eigenvalue weighted by Gasteiger charge is -2.11. The Labute approximate surface area is 137 Å². The maximum absolute atomic E-state index is 12.1. The van der Waals surface area contributed by atoms with Crippen molar-refractivity contribution >= 4 is 5.97 Å². The Bertz CT molecular complexity index is 681. The summed E-state index contributed by atoms with van der Waals surface area (Å²) in [6, 6.07) is 16.1. The zero-order valence-corrected chi connectivity index (χ0v) is 13.6. The molecule has 0 saturated carbocycles. The molecule has 2 aromatic rings. The predicted molar refractivity (Wildman–Crippen MR) is 90.5 cm³/mol. The van der Waals surface area contributed by atoms with Gasteiger partial charge in [0.25, 0.3) is 0 Å². The van der Waals surface area contributed by atoms with Crippen molar-refractivity contribution in [1.82, 2.24) is 0 Å². The maximum atomic E-state index is 12.1. The van der Waals surface area contributed by atoms with Gasteiger partial charge in [0.05, 0.1) is 17.2 Å². The summed E-state index contributed by atoms with van der Waals surface area (Å²) in [5.41, 5.74) is 2.31. The van der Waals surface area contributed by atoms with E-state index in [4.69, 9.17) is 10.00 Å². The molecule has 0 N–H and O–H groups in total. The summed E-state index contributed by atoms with van der Waals surface area (Å²) in [6.45, 7) is 4.40. The number of esters is 1. The van der Waals surface area contributed by atoms with E-state index in [0.717, 1.165) is 6.42 Å². The first-order valence-electron chi connectivity index (χ1n) is 7.96. The molecule has 1 atom stereocenters. The molecule has 0 saturated heterocycles. The van der Waals surface area contributed by atoms with Gasteiger partial charge in [-0.1, -0.05) is 38.8 Å². The van der Waals surface area contributed by atoms with Crippen LogP contribution < -0.4 is 4.74 Å². The van der Waals surface area contributed by atoms with E-state index in [9.17, 15) is 4.79 Å². The van der Waals surface area contributed by atoms with Crippen molar-refractivity contribution in [3.63, 3.8) is 0 Å². The maximum Gasteiger partial charge on any atom is 0.343 e. The van der Waals surface area contributed by atoms with Crippen LogP contribution in [0.3, 0.4) is 0 Å². The molecule has 2 aromatic carbocycles. The molecule has 0 aromatic heterocycles. The fraction of sp³-hybridized carbons (Fsp3) is 0.300. The van der Waals surface area contributed by atoms with Gasteiger partial charge in [0.15, 0.2) is 0 Å². The van der Waals surface area contributed by atoms with Gasteiger partial charge >= 0.3 is 5.97 Å². The zero-order valence-electron chi connectivity index (χ0n) is 13.6. The monoisotopic (exact) mass is 307 g/mol. The number of unbranched alkanes of at least 4 members (excludes halogenated alkanes) is 1. The number of ether oxygens (including phenoxy) is 1. The molecule has 0 spiro atoms. The molecule has 0 aliphatic heterocycles. The molecule has 0 aliphatic rings. The molecule has 118 valence electrons. The Morgan fingerprint density at radius 2 is 1.78 bits per heavy atom. The van der Waals surface area contributed by atoms with Gasteiger partial charge in [-0.05, 0) is 54.3 Å². The highest BCUT2D eigenvalue weighted by Gasteiger charge is 2.10. The molecule has 0 bridgehead atoms. The molecule has 1 unspecified atom stereocenters. The van der Waals surface area contributed by atoms with Crippen LogP contribution in [-0.4, -0.2) is 5.97 Å². The molecule has 0 heterocycles. The van der Waals surface area contributed by atoms with Crippen molar-refractivity contribution in [3.8, 4) is 11.8 Å². The smallest absolute Gasteiger partial charge is 0.343 e. The fourth-order valence-electron chi connectivity index (χ4n) is 2.39. The lowest BCUT2D eigenvalue weighted by atomic mass is 9.95. The predicted octanol–water partition coefficient (Wildman–Crippen LogP) is 5.07. The molecule has 0 fully saturated rings. The number of benzene rings is 2. The SMILES string of the molecule is CCCCC(C)c1ccc(C(=O)Oc2ccc(C#N)cc2)cc1. The van der Waals surface area contributed by atoms with E-state index in [2.05, 4.69) is 13.8 Å². The Morgan fingerprint density at radius 1 is 1.13 bits per heavy atom. The highest BCUT2D eigenvalue weighted by atomic mass is 16.5. The molecule has 0 amide bonds. The average molecular weight is 307 g/mol. The number of rotatable bonds is 6. The van der Waals surface area contributed by atoms with E-state index in [1.165, 1.54) is 18.4 Å². The summed E-state index contributed by atoms with van der Waals surface area (Å²) in [7, 11) is 0. The summed E-state index contributed by atoms with van der Waals surface area (Å²) in [6.07, 6.45) is 3.56. The van der Waals surface area contributed by atoms with Gasteiger partial charge in [0.1, 0.15) is 5.75 Å². The van der Waals surface area contributed by atoms with Crippen molar-refractivity contribution in [2.45, 2.75) is 39.0 Å². The van der Waals surface area contributed by atoms with Crippen LogP contribution >= 0.6 is 0 Å². The Morgan fingerprint density at radius 3 is 2.35 bits per heavy atom. The van der Waals surface area contributed by atoms with Crippen molar-refractivity contribution < 1.29 is 9.53 Å². The molecule has 0 radical (unpaired) electrons. The highest BCUT2D eigenvalue weighted by Crippen LogP contribution is 2.22. The van der Waals surface area contributed by atoms with E-state index >= 15 is 0 Å². The quantitative estimate of drug-likeness (QED) is 0.553. The third kappa shape index (κ3) is 4.69. The molecular weight excluding hydrogens is 286 g/mol. The van der Waals surface area contributed by atoms with Crippen LogP contribution in [0.15, 0.2) is 48.5 Å². The second-order valence-corrected chi connectivity index (χ2v) is 5.69. The number of carbonyl (C=O) groups is 1. The van der Waals surface area contributed by atoms with E-state index in [-0.39, 0.29) is 5.97 Å². The van der Waals surface area contributed by atoms with E-state index < -0.39 is 0 Å². The molecule has 23 heavy (non-hydrogen) atoms. The molecule has 2 rings (SSSR count).